The van der Waals surface area contributed by atoms with Gasteiger partial charge in [0, 0.05) is 33.1 Å². The van der Waals surface area contributed by atoms with Crippen molar-refractivity contribution >= 4 is 34.1 Å². The molecule has 1 amide bonds. The molecule has 0 saturated heterocycles. The Labute approximate surface area is 191 Å². The summed E-state index contributed by atoms with van der Waals surface area (Å²) in [5.41, 5.74) is 10.1. The lowest BCUT2D eigenvalue weighted by molar-refractivity contribution is 0.0951. The average molecular weight is 444 g/mol. The highest BCUT2D eigenvalue weighted by molar-refractivity contribution is 7.11. The fraction of sp³-hybridized carbons (Fsp3) is 0.240. The van der Waals surface area contributed by atoms with Crippen molar-refractivity contribution in [1.29, 1.82) is 0 Å². The number of thiophene rings is 1. The van der Waals surface area contributed by atoms with Gasteiger partial charge in [-0.05, 0) is 57.5 Å². The van der Waals surface area contributed by atoms with E-state index in [-0.39, 0.29) is 11.9 Å². The lowest BCUT2D eigenvalue weighted by atomic mass is 10.0. The summed E-state index contributed by atoms with van der Waals surface area (Å²) in [6.45, 7) is 8.71. The third-order valence-electron chi connectivity index (χ3n) is 5.25. The summed E-state index contributed by atoms with van der Waals surface area (Å²) in [6, 6.07) is 9.88. The monoisotopic (exact) mass is 443 g/mol. The molecule has 0 radical (unpaired) electrons. The number of aryl methyl sites for hydroxylation is 2. The van der Waals surface area contributed by atoms with E-state index in [9.17, 15) is 4.79 Å². The Morgan fingerprint density at radius 1 is 1.16 bits per heavy atom. The van der Waals surface area contributed by atoms with Crippen molar-refractivity contribution in [1.82, 2.24) is 19.9 Å². The summed E-state index contributed by atoms with van der Waals surface area (Å²) in [4.78, 5) is 23.6. The van der Waals surface area contributed by atoms with Gasteiger partial charge >= 0.3 is 0 Å². The molecule has 1 aromatic carbocycles. The van der Waals surface area contributed by atoms with E-state index >= 15 is 0 Å². The first kappa shape index (κ1) is 21.6. The highest BCUT2D eigenvalue weighted by atomic mass is 32.1. The molecule has 0 bridgehead atoms. The maximum atomic E-state index is 12.7. The van der Waals surface area contributed by atoms with Crippen LogP contribution in [-0.4, -0.2) is 20.4 Å². The number of anilines is 1. The van der Waals surface area contributed by atoms with Gasteiger partial charge in [-0.2, -0.15) is 0 Å². The van der Waals surface area contributed by atoms with Crippen LogP contribution in [0, 0.1) is 25.7 Å². The van der Waals surface area contributed by atoms with Gasteiger partial charge in [-0.3, -0.25) is 4.79 Å². The van der Waals surface area contributed by atoms with E-state index in [2.05, 4.69) is 54.0 Å². The number of nitrogens with two attached hydrogens (primary N) is 1. The number of rotatable bonds is 4. The van der Waals surface area contributed by atoms with E-state index in [1.807, 2.05) is 42.0 Å². The van der Waals surface area contributed by atoms with Crippen molar-refractivity contribution in [3.05, 3.63) is 74.9 Å². The summed E-state index contributed by atoms with van der Waals surface area (Å²) in [7, 11) is 0. The van der Waals surface area contributed by atoms with Gasteiger partial charge in [0.2, 0.25) is 0 Å². The second-order valence-corrected chi connectivity index (χ2v) is 9.35. The number of hydrogen-bond donors (Lipinski definition) is 2. The van der Waals surface area contributed by atoms with Gasteiger partial charge in [-0.1, -0.05) is 17.9 Å². The summed E-state index contributed by atoms with van der Waals surface area (Å²) in [6.07, 6.45) is 3.43. The standard InChI is InChI=1S/C25H25N5OS/c1-15(2)30-13-20(22-23(26)28-14-29-24(22)30)9-8-18-11-19(7-5-16(18)3)25(31)27-12-21-10-6-17(4)32-21/h5-7,10-11,13-15H,12H2,1-4H3,(H,27,31)(H2,26,28,29). The number of benzene rings is 1. The number of amides is 1. The predicted molar refractivity (Wildman–Crippen MR) is 130 cm³/mol. The second kappa shape index (κ2) is 8.85. The van der Waals surface area contributed by atoms with Crippen molar-refractivity contribution < 1.29 is 4.79 Å². The Morgan fingerprint density at radius 3 is 2.66 bits per heavy atom. The van der Waals surface area contributed by atoms with Gasteiger partial charge in [0.25, 0.3) is 5.91 Å². The molecule has 32 heavy (non-hydrogen) atoms. The number of nitrogen functional groups attached to an aromatic ring is 1. The summed E-state index contributed by atoms with van der Waals surface area (Å²) in [5, 5.41) is 3.74. The number of hydrogen-bond acceptors (Lipinski definition) is 5. The number of fused-ring (bicyclic) bond motifs is 1. The summed E-state index contributed by atoms with van der Waals surface area (Å²) in [5.74, 6) is 6.74. The maximum absolute atomic E-state index is 12.7. The van der Waals surface area contributed by atoms with Crippen LogP contribution < -0.4 is 11.1 Å². The summed E-state index contributed by atoms with van der Waals surface area (Å²) >= 11 is 1.68. The van der Waals surface area contributed by atoms with Crippen molar-refractivity contribution in [2.45, 2.75) is 40.3 Å². The first-order valence-corrected chi connectivity index (χ1v) is 11.2. The molecule has 0 fully saturated rings. The number of carbonyl (C=O) groups excluding carboxylic acids is 1. The van der Waals surface area contributed by atoms with Gasteiger partial charge in [0.15, 0.2) is 0 Å². The van der Waals surface area contributed by atoms with Crippen molar-refractivity contribution in [3.8, 4) is 11.8 Å². The number of nitrogens with zero attached hydrogens (tertiary/aromatic N) is 3. The molecule has 0 aliphatic carbocycles. The van der Waals surface area contributed by atoms with Crippen LogP contribution in [0.25, 0.3) is 11.0 Å². The molecule has 0 atom stereocenters. The molecule has 4 rings (SSSR count). The van der Waals surface area contributed by atoms with Crippen LogP contribution in [0.15, 0.2) is 42.9 Å². The van der Waals surface area contributed by atoms with E-state index in [1.165, 1.54) is 11.2 Å². The molecule has 0 unspecified atom stereocenters. The smallest absolute Gasteiger partial charge is 0.251 e. The Balaban J connectivity index is 1.63. The van der Waals surface area contributed by atoms with Crippen LogP contribution in [0.1, 0.15) is 56.7 Å². The Bertz CT molecular complexity index is 1370. The molecule has 6 nitrogen and oxygen atoms in total. The van der Waals surface area contributed by atoms with E-state index < -0.39 is 0 Å². The number of nitrogens with one attached hydrogen (secondary N) is 1. The van der Waals surface area contributed by atoms with Crippen LogP contribution in [-0.2, 0) is 6.54 Å². The molecular weight excluding hydrogens is 418 g/mol. The fourth-order valence-electron chi connectivity index (χ4n) is 3.48. The summed E-state index contributed by atoms with van der Waals surface area (Å²) < 4.78 is 2.04. The van der Waals surface area contributed by atoms with Crippen LogP contribution in [0.2, 0.25) is 0 Å². The van der Waals surface area contributed by atoms with Crippen molar-refractivity contribution in [2.75, 3.05) is 5.73 Å². The molecule has 3 heterocycles. The van der Waals surface area contributed by atoms with Gasteiger partial charge in [-0.15, -0.1) is 11.3 Å². The topological polar surface area (TPSA) is 85.8 Å². The molecule has 3 aromatic heterocycles. The van der Waals surface area contributed by atoms with Gasteiger partial charge in [-0.25, -0.2) is 9.97 Å². The predicted octanol–water partition coefficient (Wildman–Crippen LogP) is 4.60. The molecule has 0 aliphatic rings. The first-order chi connectivity index (χ1) is 15.3. The van der Waals surface area contributed by atoms with E-state index in [0.29, 0.717) is 17.9 Å². The molecule has 0 saturated carbocycles. The highest BCUT2D eigenvalue weighted by Crippen LogP contribution is 2.26. The molecule has 162 valence electrons. The molecule has 4 aromatic rings. The minimum Gasteiger partial charge on any atom is -0.383 e. The van der Waals surface area contributed by atoms with E-state index in [4.69, 9.17) is 5.73 Å². The van der Waals surface area contributed by atoms with Crippen LogP contribution in [0.4, 0.5) is 5.82 Å². The van der Waals surface area contributed by atoms with Gasteiger partial charge < -0.3 is 15.6 Å². The number of carbonyl (C=O) groups is 1. The Hall–Kier alpha value is -3.63. The molecule has 0 aliphatic heterocycles. The minimum absolute atomic E-state index is 0.117. The third kappa shape index (κ3) is 4.36. The first-order valence-electron chi connectivity index (χ1n) is 10.4. The normalized spacial score (nSPS) is 10.9. The van der Waals surface area contributed by atoms with E-state index in [1.54, 1.807) is 11.3 Å². The largest absolute Gasteiger partial charge is 0.383 e. The molecule has 7 heteroatoms. The van der Waals surface area contributed by atoms with Crippen LogP contribution >= 0.6 is 11.3 Å². The average Bonchev–Trinajstić information content (AvgIpc) is 3.35. The van der Waals surface area contributed by atoms with Gasteiger partial charge in [0.1, 0.15) is 17.8 Å². The highest BCUT2D eigenvalue weighted by Gasteiger charge is 2.14. The van der Waals surface area contributed by atoms with E-state index in [0.717, 1.165) is 32.6 Å². The second-order valence-electron chi connectivity index (χ2n) is 7.98. The lowest BCUT2D eigenvalue weighted by Crippen LogP contribution is -2.22. The molecule has 0 spiro atoms. The van der Waals surface area contributed by atoms with Crippen LogP contribution in [0.5, 0.6) is 0 Å². The van der Waals surface area contributed by atoms with Gasteiger partial charge in [0.05, 0.1) is 17.5 Å². The van der Waals surface area contributed by atoms with Crippen molar-refractivity contribution in [2.24, 2.45) is 0 Å². The zero-order chi connectivity index (χ0) is 22.8. The van der Waals surface area contributed by atoms with Crippen molar-refractivity contribution in [3.63, 3.8) is 0 Å². The Morgan fingerprint density at radius 2 is 1.94 bits per heavy atom. The fourth-order valence-corrected chi connectivity index (χ4v) is 4.31. The number of aromatic nitrogens is 3. The zero-order valence-electron chi connectivity index (χ0n) is 18.6. The molecule has 3 N–H and O–H groups in total. The molecular formula is C25H25N5OS. The minimum atomic E-state index is -0.117. The van der Waals surface area contributed by atoms with Crippen LogP contribution in [0.3, 0.4) is 0 Å². The third-order valence-corrected chi connectivity index (χ3v) is 6.25. The maximum Gasteiger partial charge on any atom is 0.251 e. The zero-order valence-corrected chi connectivity index (χ0v) is 19.4. The SMILES string of the molecule is Cc1ccc(CNC(=O)c2ccc(C)c(C#Cc3cn(C(C)C)c4ncnc(N)c34)c2)s1. The Kier molecular flexibility index (Phi) is 5.97. The lowest BCUT2D eigenvalue weighted by Gasteiger charge is -2.07. The quantitative estimate of drug-likeness (QED) is 0.451.